The van der Waals surface area contributed by atoms with Crippen LogP contribution in [0.15, 0.2) is 54.7 Å². The third kappa shape index (κ3) is 5.06. The number of halogens is 2. The van der Waals surface area contributed by atoms with Gasteiger partial charge in [-0.25, -0.2) is 4.68 Å². The molecule has 0 bridgehead atoms. The number of aromatic nitrogens is 4. The molecule has 0 saturated carbocycles. The second-order valence-corrected chi connectivity index (χ2v) is 8.41. The molecule has 2 heterocycles. The zero-order chi connectivity index (χ0) is 24.9. The molecule has 0 fully saturated rings. The summed E-state index contributed by atoms with van der Waals surface area (Å²) >= 11 is 12.4. The molecule has 4 aromatic rings. The van der Waals surface area contributed by atoms with Gasteiger partial charge >= 0.3 is 0 Å². The molecule has 0 amide bonds. The van der Waals surface area contributed by atoms with Crippen LogP contribution in [0.2, 0.25) is 10.0 Å². The summed E-state index contributed by atoms with van der Waals surface area (Å²) in [5, 5.41) is 38.9. The van der Waals surface area contributed by atoms with Crippen molar-refractivity contribution in [2.75, 3.05) is 12.3 Å². The smallest absolute Gasteiger partial charge is 0.140 e. The lowest BCUT2D eigenvalue weighted by molar-refractivity contribution is 0.270. The van der Waals surface area contributed by atoms with E-state index in [-0.39, 0.29) is 35.8 Å². The van der Waals surface area contributed by atoms with Gasteiger partial charge in [0, 0.05) is 27.4 Å². The van der Waals surface area contributed by atoms with Crippen molar-refractivity contribution in [1.82, 2.24) is 19.6 Å². The standard InChI is InChI=1S/C25H19Cl2N7O/c26-20-7-6-17(22(27)11-20)14-33-15-19(23(31-33)16-4-2-1-3-5-16)10-18(12-28)24-21(13-29)25(30)34(32-24)8-9-35/h1-7,10-11,15,35H,8-9,14,30H2/b18-10+. The highest BCUT2D eigenvalue weighted by molar-refractivity contribution is 6.35. The normalized spacial score (nSPS) is 11.3. The molecular weight excluding hydrogens is 485 g/mol. The van der Waals surface area contributed by atoms with Crippen molar-refractivity contribution in [3.8, 4) is 23.4 Å². The Kier molecular flexibility index (Phi) is 7.19. The van der Waals surface area contributed by atoms with Gasteiger partial charge in [-0.05, 0) is 23.8 Å². The lowest BCUT2D eigenvalue weighted by Gasteiger charge is -2.05. The Morgan fingerprint density at radius 2 is 1.89 bits per heavy atom. The molecule has 3 N–H and O–H groups in total. The Bertz CT molecular complexity index is 1490. The molecule has 0 atom stereocenters. The van der Waals surface area contributed by atoms with Crippen LogP contribution in [0.5, 0.6) is 0 Å². The fourth-order valence-corrected chi connectivity index (χ4v) is 4.08. The number of nitrogens with zero attached hydrogens (tertiary/aromatic N) is 6. The number of benzene rings is 2. The molecule has 4 rings (SSSR count). The monoisotopic (exact) mass is 503 g/mol. The van der Waals surface area contributed by atoms with Crippen LogP contribution in [-0.2, 0) is 13.1 Å². The van der Waals surface area contributed by atoms with Crippen molar-refractivity contribution in [2.45, 2.75) is 13.1 Å². The summed E-state index contributed by atoms with van der Waals surface area (Å²) in [4.78, 5) is 0. The highest BCUT2D eigenvalue weighted by Crippen LogP contribution is 2.30. The summed E-state index contributed by atoms with van der Waals surface area (Å²) in [5.41, 5.74) is 9.36. The van der Waals surface area contributed by atoms with Crippen molar-refractivity contribution in [2.24, 2.45) is 0 Å². The maximum absolute atomic E-state index is 9.93. The van der Waals surface area contributed by atoms with Crippen LogP contribution >= 0.6 is 23.2 Å². The van der Waals surface area contributed by atoms with Gasteiger partial charge < -0.3 is 10.8 Å². The number of nitriles is 2. The average molecular weight is 504 g/mol. The van der Waals surface area contributed by atoms with Crippen molar-refractivity contribution in [3.05, 3.63) is 87.2 Å². The fraction of sp³-hybridized carbons (Fsp3) is 0.120. The second kappa shape index (κ2) is 10.5. The molecule has 174 valence electrons. The first-order chi connectivity index (χ1) is 16.9. The number of hydrogen-bond acceptors (Lipinski definition) is 6. The van der Waals surface area contributed by atoms with Gasteiger partial charge in [-0.1, -0.05) is 59.6 Å². The van der Waals surface area contributed by atoms with Gasteiger partial charge in [0.1, 0.15) is 29.2 Å². The van der Waals surface area contributed by atoms with E-state index in [9.17, 15) is 15.6 Å². The Morgan fingerprint density at radius 1 is 1.11 bits per heavy atom. The molecule has 0 aliphatic rings. The molecule has 0 unspecified atom stereocenters. The number of nitrogens with two attached hydrogens (primary N) is 1. The van der Waals surface area contributed by atoms with Gasteiger partial charge in [0.15, 0.2) is 0 Å². The van der Waals surface area contributed by atoms with Gasteiger partial charge in [0.25, 0.3) is 0 Å². The lowest BCUT2D eigenvalue weighted by Crippen LogP contribution is -2.07. The average Bonchev–Trinajstić information content (AvgIpc) is 3.40. The highest BCUT2D eigenvalue weighted by Gasteiger charge is 2.20. The van der Waals surface area contributed by atoms with Gasteiger partial charge in [-0.15, -0.1) is 0 Å². The highest BCUT2D eigenvalue weighted by atomic mass is 35.5. The maximum Gasteiger partial charge on any atom is 0.140 e. The third-order valence-electron chi connectivity index (χ3n) is 5.28. The van der Waals surface area contributed by atoms with E-state index >= 15 is 0 Å². The van der Waals surface area contributed by atoms with E-state index in [1.54, 1.807) is 29.1 Å². The van der Waals surface area contributed by atoms with E-state index in [0.29, 0.717) is 27.8 Å². The summed E-state index contributed by atoms with van der Waals surface area (Å²) in [6.45, 7) is 0.279. The predicted molar refractivity (Wildman–Crippen MR) is 135 cm³/mol. The molecule has 0 saturated heterocycles. The lowest BCUT2D eigenvalue weighted by atomic mass is 10.0. The summed E-state index contributed by atoms with van der Waals surface area (Å²) in [7, 11) is 0. The van der Waals surface area contributed by atoms with Gasteiger partial charge in [0.05, 0.1) is 31.0 Å². The van der Waals surface area contributed by atoms with E-state index in [2.05, 4.69) is 11.2 Å². The Hall–Kier alpha value is -4.08. The van der Waals surface area contributed by atoms with Crippen LogP contribution in [0.25, 0.3) is 22.9 Å². The summed E-state index contributed by atoms with van der Waals surface area (Å²) in [6.07, 6.45) is 3.42. The van der Waals surface area contributed by atoms with E-state index in [1.807, 2.05) is 42.5 Å². The zero-order valence-electron chi connectivity index (χ0n) is 18.4. The summed E-state index contributed by atoms with van der Waals surface area (Å²) in [6, 6.07) is 18.9. The minimum atomic E-state index is -0.208. The molecule has 35 heavy (non-hydrogen) atoms. The predicted octanol–water partition coefficient (Wildman–Crippen LogP) is 4.61. The first-order valence-corrected chi connectivity index (χ1v) is 11.3. The number of aliphatic hydroxyl groups excluding tert-OH is 1. The molecule has 0 aliphatic heterocycles. The van der Waals surface area contributed by atoms with Crippen molar-refractivity contribution < 1.29 is 5.11 Å². The van der Waals surface area contributed by atoms with Gasteiger partial charge in [-0.3, -0.25) is 4.68 Å². The SMILES string of the molecule is N#C/C(=C\c1cn(Cc2ccc(Cl)cc2Cl)nc1-c1ccccc1)c1nn(CCO)c(N)c1C#N. The molecule has 0 aliphatic carbocycles. The number of hydrogen-bond donors (Lipinski definition) is 2. The number of nitrogen functional groups attached to an aromatic ring is 1. The first-order valence-electron chi connectivity index (χ1n) is 10.5. The minimum absolute atomic E-state index is 0.0767. The number of anilines is 1. The molecule has 8 nitrogen and oxygen atoms in total. The molecule has 0 radical (unpaired) electrons. The van der Waals surface area contributed by atoms with E-state index in [4.69, 9.17) is 34.0 Å². The first kappa shape index (κ1) is 24.1. The minimum Gasteiger partial charge on any atom is -0.394 e. The molecule has 10 heteroatoms. The van der Waals surface area contributed by atoms with Gasteiger partial charge in [-0.2, -0.15) is 20.7 Å². The molecule has 2 aromatic carbocycles. The fourth-order valence-electron chi connectivity index (χ4n) is 3.62. The number of rotatable bonds is 7. The molecular formula is C25H19Cl2N7O. The van der Waals surface area contributed by atoms with E-state index in [1.165, 1.54) is 4.68 Å². The van der Waals surface area contributed by atoms with Crippen LogP contribution in [0, 0.1) is 22.7 Å². The van der Waals surface area contributed by atoms with Crippen molar-refractivity contribution in [3.63, 3.8) is 0 Å². The summed E-state index contributed by atoms with van der Waals surface area (Å²) < 4.78 is 3.03. The summed E-state index contributed by atoms with van der Waals surface area (Å²) in [5.74, 6) is 0.0917. The van der Waals surface area contributed by atoms with Crippen LogP contribution in [0.4, 0.5) is 5.82 Å². The Morgan fingerprint density at radius 3 is 2.54 bits per heavy atom. The largest absolute Gasteiger partial charge is 0.394 e. The Balaban J connectivity index is 1.83. The second-order valence-electron chi connectivity index (χ2n) is 7.57. The third-order valence-corrected chi connectivity index (χ3v) is 5.86. The Labute approximate surface area is 211 Å². The number of allylic oxidation sites excluding steroid dienone is 1. The number of aliphatic hydroxyl groups is 1. The van der Waals surface area contributed by atoms with Gasteiger partial charge in [0.2, 0.25) is 0 Å². The quantitative estimate of drug-likeness (QED) is 0.354. The van der Waals surface area contributed by atoms with E-state index < -0.39 is 0 Å². The van der Waals surface area contributed by atoms with Crippen LogP contribution < -0.4 is 5.73 Å². The van der Waals surface area contributed by atoms with Crippen LogP contribution in [0.1, 0.15) is 22.4 Å². The maximum atomic E-state index is 9.93. The van der Waals surface area contributed by atoms with Crippen LogP contribution in [0.3, 0.4) is 0 Å². The zero-order valence-corrected chi connectivity index (χ0v) is 19.9. The molecule has 0 spiro atoms. The molecule has 2 aromatic heterocycles. The van der Waals surface area contributed by atoms with Crippen molar-refractivity contribution in [1.29, 1.82) is 10.5 Å². The van der Waals surface area contributed by atoms with Crippen LogP contribution in [-0.4, -0.2) is 31.3 Å². The van der Waals surface area contributed by atoms with E-state index in [0.717, 1.165) is 11.1 Å². The van der Waals surface area contributed by atoms with Crippen molar-refractivity contribution >= 4 is 40.7 Å². The topological polar surface area (TPSA) is 129 Å².